The summed E-state index contributed by atoms with van der Waals surface area (Å²) in [5.74, 6) is 1.46. The van der Waals surface area contributed by atoms with Gasteiger partial charge in [-0.1, -0.05) is 30.3 Å². The molecule has 1 aromatic carbocycles. The highest BCUT2D eigenvalue weighted by molar-refractivity contribution is 5.77. The SMILES string of the molecule is Cc1ccccc1C[NH+]1CC[NH+](CC(=O)N2CCN(c3cccc[nH+]3)CC2)CC1. The molecule has 0 atom stereocenters. The first-order valence-corrected chi connectivity index (χ1v) is 10.9. The summed E-state index contributed by atoms with van der Waals surface area (Å²) in [6.45, 7) is 11.9. The molecular weight excluding hydrogens is 362 g/mol. The summed E-state index contributed by atoms with van der Waals surface area (Å²) >= 11 is 0. The highest BCUT2D eigenvalue weighted by Crippen LogP contribution is 2.09. The number of benzene rings is 1. The van der Waals surface area contributed by atoms with Crippen LogP contribution in [0.2, 0.25) is 0 Å². The van der Waals surface area contributed by atoms with Crippen LogP contribution in [-0.2, 0) is 11.3 Å². The van der Waals surface area contributed by atoms with Crippen LogP contribution in [0.1, 0.15) is 11.1 Å². The standard InChI is InChI=1S/C23H31N5O/c1-20-6-2-3-7-21(20)18-25-10-12-26(13-11-25)19-23(29)28-16-14-27(15-17-28)22-8-4-5-9-24-22/h2-9H,10-19H2,1H3/p+3. The first kappa shape index (κ1) is 19.9. The lowest BCUT2D eigenvalue weighted by Crippen LogP contribution is -3.28. The number of piperazine rings is 2. The maximum atomic E-state index is 12.8. The van der Waals surface area contributed by atoms with Gasteiger partial charge in [-0.15, -0.1) is 0 Å². The van der Waals surface area contributed by atoms with Gasteiger partial charge in [0.2, 0.25) is 0 Å². The quantitative estimate of drug-likeness (QED) is 0.642. The van der Waals surface area contributed by atoms with Gasteiger partial charge < -0.3 is 14.7 Å². The summed E-state index contributed by atoms with van der Waals surface area (Å²) in [4.78, 5) is 23.6. The van der Waals surface area contributed by atoms with Crippen molar-refractivity contribution in [3.8, 4) is 0 Å². The normalized spacial score (nSPS) is 22.5. The van der Waals surface area contributed by atoms with Crippen LogP contribution in [0.5, 0.6) is 0 Å². The number of anilines is 1. The molecule has 0 aliphatic carbocycles. The summed E-state index contributed by atoms with van der Waals surface area (Å²) in [5, 5.41) is 0. The molecular formula is C23H34N5O+3. The monoisotopic (exact) mass is 396 g/mol. The maximum absolute atomic E-state index is 12.8. The molecule has 154 valence electrons. The van der Waals surface area contributed by atoms with Crippen molar-refractivity contribution >= 4 is 11.7 Å². The molecule has 0 saturated carbocycles. The Morgan fingerprint density at radius 2 is 1.62 bits per heavy atom. The highest BCUT2D eigenvalue weighted by atomic mass is 16.2. The van der Waals surface area contributed by atoms with Gasteiger partial charge in [-0.2, -0.15) is 0 Å². The van der Waals surface area contributed by atoms with Gasteiger partial charge in [0.15, 0.2) is 6.54 Å². The second kappa shape index (κ2) is 9.37. The van der Waals surface area contributed by atoms with Crippen molar-refractivity contribution in [2.24, 2.45) is 0 Å². The van der Waals surface area contributed by atoms with Crippen molar-refractivity contribution in [2.45, 2.75) is 13.5 Å². The Hall–Kier alpha value is -2.44. The van der Waals surface area contributed by atoms with Gasteiger partial charge in [0.1, 0.15) is 45.8 Å². The minimum Gasteiger partial charge on any atom is -0.330 e. The number of nitrogens with one attached hydrogen (secondary N) is 3. The van der Waals surface area contributed by atoms with Crippen LogP contribution in [0.3, 0.4) is 0 Å². The minimum absolute atomic E-state index is 0.319. The molecule has 3 N–H and O–H groups in total. The number of aryl methyl sites for hydroxylation is 1. The largest absolute Gasteiger partial charge is 0.330 e. The van der Waals surface area contributed by atoms with Gasteiger partial charge in [-0.25, -0.2) is 4.98 Å². The number of hydrogen-bond acceptors (Lipinski definition) is 2. The number of amides is 1. The molecule has 6 nitrogen and oxygen atoms in total. The molecule has 6 heteroatoms. The van der Waals surface area contributed by atoms with Crippen LogP contribution in [-0.4, -0.2) is 69.7 Å². The van der Waals surface area contributed by atoms with E-state index in [0.29, 0.717) is 12.5 Å². The van der Waals surface area contributed by atoms with E-state index in [1.54, 1.807) is 4.90 Å². The molecule has 0 spiro atoms. The summed E-state index contributed by atoms with van der Waals surface area (Å²) in [7, 11) is 0. The lowest BCUT2D eigenvalue weighted by molar-refractivity contribution is -1.02. The lowest BCUT2D eigenvalue weighted by Gasteiger charge is -2.33. The first-order valence-electron chi connectivity index (χ1n) is 10.9. The zero-order valence-electron chi connectivity index (χ0n) is 17.5. The zero-order valence-corrected chi connectivity index (χ0v) is 17.5. The predicted octanol–water partition coefficient (Wildman–Crippen LogP) is -1.56. The first-order chi connectivity index (χ1) is 14.2. The number of quaternary nitrogens is 2. The fraction of sp³-hybridized carbons (Fsp3) is 0.478. The minimum atomic E-state index is 0.319. The predicted molar refractivity (Wildman–Crippen MR) is 113 cm³/mol. The number of rotatable bonds is 5. The molecule has 2 saturated heterocycles. The average Bonchev–Trinajstić information content (AvgIpc) is 2.77. The topological polar surface area (TPSA) is 46.6 Å². The molecule has 2 fully saturated rings. The zero-order chi connectivity index (χ0) is 20.1. The van der Waals surface area contributed by atoms with Gasteiger partial charge in [0, 0.05) is 11.6 Å². The van der Waals surface area contributed by atoms with Crippen molar-refractivity contribution in [1.29, 1.82) is 0 Å². The number of carbonyl (C=O) groups is 1. The highest BCUT2D eigenvalue weighted by Gasteiger charge is 2.30. The van der Waals surface area contributed by atoms with E-state index in [2.05, 4.69) is 52.0 Å². The Bertz CT molecular complexity index is 796. The molecule has 4 rings (SSSR count). The number of hydrogen-bond donors (Lipinski definition) is 2. The van der Waals surface area contributed by atoms with Crippen LogP contribution < -0.4 is 19.7 Å². The van der Waals surface area contributed by atoms with Crippen LogP contribution in [0.15, 0.2) is 48.7 Å². The van der Waals surface area contributed by atoms with Crippen molar-refractivity contribution in [1.82, 2.24) is 4.90 Å². The van der Waals surface area contributed by atoms with Crippen molar-refractivity contribution in [3.05, 3.63) is 59.8 Å². The third-order valence-corrected chi connectivity index (χ3v) is 6.43. The molecule has 2 aromatic rings. The molecule has 2 aliphatic heterocycles. The fourth-order valence-electron chi connectivity index (χ4n) is 4.49. The van der Waals surface area contributed by atoms with E-state index < -0.39 is 0 Å². The Morgan fingerprint density at radius 3 is 2.31 bits per heavy atom. The maximum Gasteiger partial charge on any atom is 0.278 e. The number of nitrogens with zero attached hydrogens (tertiary/aromatic N) is 2. The molecule has 29 heavy (non-hydrogen) atoms. The summed E-state index contributed by atoms with van der Waals surface area (Å²) in [5.41, 5.74) is 2.84. The van der Waals surface area contributed by atoms with Crippen molar-refractivity contribution in [2.75, 3.05) is 63.8 Å². The summed E-state index contributed by atoms with van der Waals surface area (Å²) in [6, 6.07) is 14.8. The second-order valence-electron chi connectivity index (χ2n) is 8.40. The number of aromatic amines is 1. The van der Waals surface area contributed by atoms with E-state index >= 15 is 0 Å². The molecule has 0 radical (unpaired) electrons. The Balaban J connectivity index is 1.20. The molecule has 1 aromatic heterocycles. The van der Waals surface area contributed by atoms with Gasteiger partial charge in [-0.05, 0) is 18.6 Å². The summed E-state index contributed by atoms with van der Waals surface area (Å²) in [6.07, 6.45) is 1.96. The van der Waals surface area contributed by atoms with E-state index in [4.69, 9.17) is 0 Å². The van der Waals surface area contributed by atoms with Crippen molar-refractivity contribution < 1.29 is 19.6 Å². The number of H-pyrrole nitrogens is 1. The molecule has 2 aliphatic rings. The van der Waals surface area contributed by atoms with Crippen LogP contribution in [0, 0.1) is 6.92 Å². The van der Waals surface area contributed by atoms with Crippen LogP contribution in [0.25, 0.3) is 0 Å². The van der Waals surface area contributed by atoms with Crippen LogP contribution in [0.4, 0.5) is 5.82 Å². The third kappa shape index (κ3) is 5.14. The van der Waals surface area contributed by atoms with E-state index in [1.807, 2.05) is 18.3 Å². The summed E-state index contributed by atoms with van der Waals surface area (Å²) < 4.78 is 0. The fourth-order valence-corrected chi connectivity index (χ4v) is 4.49. The van der Waals surface area contributed by atoms with E-state index in [0.717, 1.165) is 64.7 Å². The molecule has 1 amide bonds. The van der Waals surface area contributed by atoms with E-state index in [9.17, 15) is 4.79 Å². The smallest absolute Gasteiger partial charge is 0.278 e. The molecule has 0 unspecified atom stereocenters. The van der Waals surface area contributed by atoms with Gasteiger partial charge in [-0.3, -0.25) is 9.69 Å². The molecule has 3 heterocycles. The van der Waals surface area contributed by atoms with Gasteiger partial charge in [0.25, 0.3) is 11.7 Å². The van der Waals surface area contributed by atoms with Crippen LogP contribution >= 0.6 is 0 Å². The second-order valence-corrected chi connectivity index (χ2v) is 8.40. The lowest BCUT2D eigenvalue weighted by atomic mass is 10.1. The van der Waals surface area contributed by atoms with E-state index in [1.165, 1.54) is 16.0 Å². The Kier molecular flexibility index (Phi) is 6.42. The van der Waals surface area contributed by atoms with E-state index in [-0.39, 0.29) is 0 Å². The number of pyridine rings is 1. The number of aromatic nitrogens is 1. The Morgan fingerprint density at radius 1 is 0.931 bits per heavy atom. The van der Waals surface area contributed by atoms with Crippen molar-refractivity contribution in [3.63, 3.8) is 0 Å². The van der Waals surface area contributed by atoms with Gasteiger partial charge in [0.05, 0.1) is 19.3 Å². The number of carbonyl (C=O) groups excluding carboxylic acids is 1. The molecule has 0 bridgehead atoms. The third-order valence-electron chi connectivity index (χ3n) is 6.43. The Labute approximate surface area is 173 Å². The average molecular weight is 397 g/mol. The van der Waals surface area contributed by atoms with Gasteiger partial charge >= 0.3 is 0 Å².